The maximum atomic E-state index is 12.7. The molecule has 1 aliphatic carbocycles. The van der Waals surface area contributed by atoms with Crippen LogP contribution in [-0.2, 0) is 4.79 Å². The molecule has 2 aliphatic rings. The lowest BCUT2D eigenvalue weighted by molar-refractivity contribution is -0.187. The van der Waals surface area contributed by atoms with Gasteiger partial charge in [0.25, 0.3) is 0 Å². The van der Waals surface area contributed by atoms with E-state index in [1.165, 1.54) is 4.90 Å². The van der Waals surface area contributed by atoms with E-state index in [2.05, 4.69) is 6.07 Å². The summed E-state index contributed by atoms with van der Waals surface area (Å²) in [6, 6.07) is 2.18. The molecule has 0 spiro atoms. The van der Waals surface area contributed by atoms with Gasteiger partial charge in [0.15, 0.2) is 0 Å². The molecule has 21 heavy (non-hydrogen) atoms. The molecule has 0 radical (unpaired) electrons. The number of halogens is 3. The minimum absolute atomic E-state index is 0.0449. The van der Waals surface area contributed by atoms with Gasteiger partial charge in [-0.2, -0.15) is 18.4 Å². The van der Waals surface area contributed by atoms with Gasteiger partial charge in [-0.1, -0.05) is 25.7 Å². The van der Waals surface area contributed by atoms with Crippen LogP contribution in [-0.4, -0.2) is 30.1 Å². The number of rotatable bonds is 1. The number of carbonyl (C=O) groups is 1. The Bertz CT molecular complexity index is 412. The van der Waals surface area contributed by atoms with Crippen LogP contribution in [0.4, 0.5) is 13.2 Å². The first-order valence-corrected chi connectivity index (χ1v) is 7.66. The van der Waals surface area contributed by atoms with Gasteiger partial charge in [-0.3, -0.25) is 4.79 Å². The van der Waals surface area contributed by atoms with Crippen molar-refractivity contribution in [2.24, 2.45) is 11.3 Å². The van der Waals surface area contributed by atoms with Crippen LogP contribution < -0.4 is 0 Å². The lowest BCUT2D eigenvalue weighted by atomic mass is 9.79. The van der Waals surface area contributed by atoms with Crippen molar-refractivity contribution in [1.82, 2.24) is 4.90 Å². The molecule has 1 aliphatic heterocycles. The Balaban J connectivity index is 2.02. The van der Waals surface area contributed by atoms with E-state index >= 15 is 0 Å². The number of piperidine rings is 1. The Kier molecular flexibility index (Phi) is 4.80. The molecule has 3 nitrogen and oxygen atoms in total. The third-order valence-electron chi connectivity index (χ3n) is 4.83. The maximum Gasteiger partial charge on any atom is 0.391 e. The van der Waals surface area contributed by atoms with Crippen LogP contribution in [0.3, 0.4) is 0 Å². The quantitative estimate of drug-likeness (QED) is 0.694. The van der Waals surface area contributed by atoms with Gasteiger partial charge in [0.05, 0.1) is 12.0 Å². The summed E-state index contributed by atoms with van der Waals surface area (Å²) in [4.78, 5) is 14.1. The van der Waals surface area contributed by atoms with Gasteiger partial charge in [0.2, 0.25) is 5.91 Å². The van der Waals surface area contributed by atoms with Crippen molar-refractivity contribution >= 4 is 5.91 Å². The highest BCUT2D eigenvalue weighted by Gasteiger charge is 2.46. The summed E-state index contributed by atoms with van der Waals surface area (Å²) in [6.07, 6.45) is 0.553. The van der Waals surface area contributed by atoms with Crippen LogP contribution in [0.1, 0.15) is 51.4 Å². The number of likely N-dealkylation sites (tertiary alicyclic amines) is 1. The van der Waals surface area contributed by atoms with Crippen LogP contribution in [0.5, 0.6) is 0 Å². The summed E-state index contributed by atoms with van der Waals surface area (Å²) in [6.45, 7) is 0.235. The van der Waals surface area contributed by atoms with Crippen molar-refractivity contribution in [1.29, 1.82) is 5.26 Å². The smallest absolute Gasteiger partial charge is 0.341 e. The summed E-state index contributed by atoms with van der Waals surface area (Å²) in [7, 11) is 0. The second kappa shape index (κ2) is 6.25. The minimum Gasteiger partial charge on any atom is -0.341 e. The van der Waals surface area contributed by atoms with Crippen LogP contribution in [0.2, 0.25) is 0 Å². The highest BCUT2D eigenvalue weighted by molar-refractivity contribution is 5.85. The highest BCUT2D eigenvalue weighted by atomic mass is 19.4. The molecule has 1 heterocycles. The summed E-state index contributed by atoms with van der Waals surface area (Å²) in [5.41, 5.74) is -0.998. The molecule has 0 N–H and O–H groups in total. The zero-order valence-electron chi connectivity index (χ0n) is 12.1. The molecule has 6 heteroatoms. The molecule has 0 aromatic heterocycles. The zero-order valence-corrected chi connectivity index (χ0v) is 12.1. The average molecular weight is 302 g/mol. The second-order valence-corrected chi connectivity index (χ2v) is 6.22. The van der Waals surface area contributed by atoms with Gasteiger partial charge in [0, 0.05) is 13.1 Å². The van der Waals surface area contributed by atoms with Crippen molar-refractivity contribution < 1.29 is 18.0 Å². The van der Waals surface area contributed by atoms with E-state index < -0.39 is 17.5 Å². The Morgan fingerprint density at radius 2 is 1.62 bits per heavy atom. The standard InChI is InChI=1S/C15H21F3N2O/c16-15(17,18)12-5-9-20(10-6-12)13(21)14(11-19)7-3-1-2-4-8-14/h12H,1-10H2. The van der Waals surface area contributed by atoms with Crippen molar-refractivity contribution in [3.8, 4) is 6.07 Å². The molecule has 1 saturated carbocycles. The minimum atomic E-state index is -4.18. The van der Waals surface area contributed by atoms with Gasteiger partial charge in [-0.05, 0) is 25.7 Å². The predicted octanol–water partition coefficient (Wildman–Crippen LogP) is 3.65. The van der Waals surface area contributed by atoms with E-state index in [-0.39, 0.29) is 31.8 Å². The molecule has 2 fully saturated rings. The van der Waals surface area contributed by atoms with Gasteiger partial charge in [-0.25, -0.2) is 0 Å². The van der Waals surface area contributed by atoms with E-state index in [1.807, 2.05) is 0 Å². The number of alkyl halides is 3. The molecule has 118 valence electrons. The fraction of sp³-hybridized carbons (Fsp3) is 0.867. The monoisotopic (exact) mass is 302 g/mol. The van der Waals surface area contributed by atoms with E-state index in [9.17, 15) is 23.2 Å². The third kappa shape index (κ3) is 3.50. The van der Waals surface area contributed by atoms with Crippen molar-refractivity contribution in [2.75, 3.05) is 13.1 Å². The molecule has 0 atom stereocenters. The van der Waals surface area contributed by atoms with Crippen LogP contribution in [0.15, 0.2) is 0 Å². The van der Waals surface area contributed by atoms with E-state index in [0.717, 1.165) is 25.7 Å². The van der Waals surface area contributed by atoms with Crippen LogP contribution in [0, 0.1) is 22.7 Å². The van der Waals surface area contributed by atoms with Crippen LogP contribution in [0.25, 0.3) is 0 Å². The Labute approximate surface area is 123 Å². The first-order chi connectivity index (χ1) is 9.89. The first kappa shape index (κ1) is 16.1. The number of hydrogen-bond donors (Lipinski definition) is 0. The van der Waals surface area contributed by atoms with Crippen molar-refractivity contribution in [3.63, 3.8) is 0 Å². The Hall–Kier alpha value is -1.25. The Morgan fingerprint density at radius 3 is 2.05 bits per heavy atom. The van der Waals surface area contributed by atoms with Gasteiger partial charge in [0.1, 0.15) is 5.41 Å². The molecule has 1 saturated heterocycles. The zero-order chi connectivity index (χ0) is 15.5. The summed E-state index contributed by atoms with van der Waals surface area (Å²) >= 11 is 0. The molecule has 0 unspecified atom stereocenters. The molecule has 0 aromatic carbocycles. The normalized spacial score (nSPS) is 24.2. The second-order valence-electron chi connectivity index (χ2n) is 6.22. The average Bonchev–Trinajstić information content (AvgIpc) is 2.72. The summed E-state index contributed by atoms with van der Waals surface area (Å²) < 4.78 is 38.0. The van der Waals surface area contributed by atoms with Crippen LogP contribution >= 0.6 is 0 Å². The fourth-order valence-corrected chi connectivity index (χ4v) is 3.42. The molecule has 2 rings (SSSR count). The maximum absolute atomic E-state index is 12.7. The topological polar surface area (TPSA) is 44.1 Å². The number of hydrogen-bond acceptors (Lipinski definition) is 2. The molecule has 0 bridgehead atoms. The Morgan fingerprint density at radius 1 is 1.10 bits per heavy atom. The number of nitrogens with zero attached hydrogens (tertiary/aromatic N) is 2. The SMILES string of the molecule is N#CC1(C(=O)N2CCC(C(F)(F)F)CC2)CCCCCC1. The van der Waals surface area contributed by atoms with Crippen molar-refractivity contribution in [3.05, 3.63) is 0 Å². The van der Waals surface area contributed by atoms with Gasteiger partial charge >= 0.3 is 6.18 Å². The molecular formula is C15H21F3N2O. The number of nitriles is 1. The molecule has 1 amide bonds. The fourth-order valence-electron chi connectivity index (χ4n) is 3.42. The van der Waals surface area contributed by atoms with E-state index in [0.29, 0.717) is 12.8 Å². The van der Waals surface area contributed by atoms with E-state index in [4.69, 9.17) is 0 Å². The van der Waals surface area contributed by atoms with E-state index in [1.54, 1.807) is 0 Å². The molecular weight excluding hydrogens is 281 g/mol. The number of carbonyl (C=O) groups excluding carboxylic acids is 1. The molecule has 0 aromatic rings. The predicted molar refractivity (Wildman–Crippen MR) is 71.1 cm³/mol. The summed E-state index contributed by atoms with van der Waals surface area (Å²) in [5, 5.41) is 9.47. The lowest BCUT2D eigenvalue weighted by Gasteiger charge is -2.37. The highest BCUT2D eigenvalue weighted by Crippen LogP contribution is 2.39. The lowest BCUT2D eigenvalue weighted by Crippen LogP contribution is -2.48. The third-order valence-corrected chi connectivity index (χ3v) is 4.83. The number of amides is 1. The largest absolute Gasteiger partial charge is 0.391 e. The van der Waals surface area contributed by atoms with Crippen molar-refractivity contribution in [2.45, 2.75) is 57.5 Å². The van der Waals surface area contributed by atoms with Gasteiger partial charge in [-0.15, -0.1) is 0 Å². The summed E-state index contributed by atoms with van der Waals surface area (Å²) in [5.74, 6) is -1.55. The van der Waals surface area contributed by atoms with Gasteiger partial charge < -0.3 is 4.90 Å². The first-order valence-electron chi connectivity index (χ1n) is 7.66.